The molecule has 5 nitrogen and oxygen atoms in total. The number of nitrogen functional groups attached to an aromatic ring is 1. The van der Waals surface area contributed by atoms with Gasteiger partial charge in [0.15, 0.2) is 0 Å². The summed E-state index contributed by atoms with van der Waals surface area (Å²) in [7, 11) is 0. The molecule has 0 saturated heterocycles. The molecular weight excluding hydrogens is 250 g/mol. The summed E-state index contributed by atoms with van der Waals surface area (Å²) in [6, 6.07) is 4.68. The molecule has 1 aromatic heterocycles. The Balaban J connectivity index is 1.93. The van der Waals surface area contributed by atoms with Crippen LogP contribution in [-0.4, -0.2) is 15.0 Å². The first-order chi connectivity index (χ1) is 9.54. The van der Waals surface area contributed by atoms with Gasteiger partial charge in [0.2, 0.25) is 11.9 Å². The van der Waals surface area contributed by atoms with E-state index in [-0.39, 0.29) is 12.0 Å². The number of hydrogen-bond donors (Lipinski definition) is 2. The highest BCUT2D eigenvalue weighted by molar-refractivity contribution is 5.48. The highest BCUT2D eigenvalue weighted by Crippen LogP contribution is 2.36. The van der Waals surface area contributed by atoms with Crippen LogP contribution in [0.25, 0.3) is 0 Å². The molecule has 0 spiro atoms. The van der Waals surface area contributed by atoms with Gasteiger partial charge in [0, 0.05) is 0 Å². The Morgan fingerprint density at radius 3 is 2.70 bits per heavy atom. The van der Waals surface area contributed by atoms with Crippen molar-refractivity contribution in [3.05, 3.63) is 40.2 Å². The molecule has 2 aromatic rings. The van der Waals surface area contributed by atoms with Crippen LogP contribution in [0, 0.1) is 20.8 Å². The number of rotatable bonds is 2. The molecule has 104 valence electrons. The van der Waals surface area contributed by atoms with Crippen molar-refractivity contribution < 1.29 is 0 Å². The molecule has 0 bridgehead atoms. The van der Waals surface area contributed by atoms with Gasteiger partial charge in [-0.3, -0.25) is 0 Å². The molecule has 0 radical (unpaired) electrons. The Morgan fingerprint density at radius 2 is 1.95 bits per heavy atom. The lowest BCUT2D eigenvalue weighted by Gasteiger charge is -2.17. The summed E-state index contributed by atoms with van der Waals surface area (Å²) < 4.78 is 0. The Labute approximate surface area is 118 Å². The van der Waals surface area contributed by atoms with Crippen molar-refractivity contribution in [1.29, 1.82) is 0 Å². The van der Waals surface area contributed by atoms with E-state index in [1.807, 2.05) is 6.92 Å². The molecule has 0 fully saturated rings. The Kier molecular flexibility index (Phi) is 3.04. The molecule has 20 heavy (non-hydrogen) atoms. The van der Waals surface area contributed by atoms with E-state index >= 15 is 0 Å². The fourth-order valence-electron chi connectivity index (χ4n) is 2.91. The maximum absolute atomic E-state index is 5.68. The topological polar surface area (TPSA) is 76.7 Å². The van der Waals surface area contributed by atoms with Crippen molar-refractivity contribution in [2.24, 2.45) is 0 Å². The van der Waals surface area contributed by atoms with Crippen LogP contribution in [0.5, 0.6) is 0 Å². The number of aryl methyl sites for hydroxylation is 3. The molecule has 1 heterocycles. The predicted molar refractivity (Wildman–Crippen MR) is 79.6 cm³/mol. The number of hydrogen-bond acceptors (Lipinski definition) is 5. The quantitative estimate of drug-likeness (QED) is 0.875. The van der Waals surface area contributed by atoms with Crippen molar-refractivity contribution in [1.82, 2.24) is 15.0 Å². The van der Waals surface area contributed by atoms with E-state index in [9.17, 15) is 0 Å². The van der Waals surface area contributed by atoms with Crippen molar-refractivity contribution in [2.45, 2.75) is 39.7 Å². The van der Waals surface area contributed by atoms with E-state index in [1.54, 1.807) is 0 Å². The molecule has 3 N–H and O–H groups in total. The standard InChI is InChI=1S/C15H19N5/c1-8-4-5-11-6-7-12(13(11)9(8)2)19-15-18-10(3)17-14(16)20-15/h4-5,12H,6-7H2,1-3H3,(H3,16,17,18,19,20). The summed E-state index contributed by atoms with van der Waals surface area (Å²) in [5, 5.41) is 3.40. The minimum Gasteiger partial charge on any atom is -0.368 e. The zero-order valence-electron chi connectivity index (χ0n) is 12.1. The van der Waals surface area contributed by atoms with E-state index in [0.29, 0.717) is 11.8 Å². The maximum atomic E-state index is 5.68. The molecular formula is C15H19N5. The van der Waals surface area contributed by atoms with E-state index in [4.69, 9.17) is 5.73 Å². The first-order valence-corrected chi connectivity index (χ1v) is 6.88. The third-order valence-corrected chi connectivity index (χ3v) is 3.99. The average molecular weight is 269 g/mol. The van der Waals surface area contributed by atoms with Gasteiger partial charge in [-0.2, -0.15) is 15.0 Å². The van der Waals surface area contributed by atoms with Crippen LogP contribution in [0.4, 0.5) is 11.9 Å². The summed E-state index contributed by atoms with van der Waals surface area (Å²) in [5.41, 5.74) is 11.2. The maximum Gasteiger partial charge on any atom is 0.228 e. The van der Waals surface area contributed by atoms with Gasteiger partial charge >= 0.3 is 0 Å². The average Bonchev–Trinajstić information content (AvgIpc) is 2.76. The fraction of sp³-hybridized carbons (Fsp3) is 0.400. The second kappa shape index (κ2) is 4.74. The Morgan fingerprint density at radius 1 is 1.15 bits per heavy atom. The van der Waals surface area contributed by atoms with Gasteiger partial charge in [-0.25, -0.2) is 0 Å². The molecule has 5 heteroatoms. The number of nitrogens with two attached hydrogens (primary N) is 1. The number of aromatic nitrogens is 3. The van der Waals surface area contributed by atoms with Crippen LogP contribution in [0.1, 0.15) is 40.5 Å². The van der Waals surface area contributed by atoms with Crippen LogP contribution in [0.15, 0.2) is 12.1 Å². The third kappa shape index (κ3) is 2.19. The van der Waals surface area contributed by atoms with E-state index < -0.39 is 0 Å². The first-order valence-electron chi connectivity index (χ1n) is 6.88. The number of anilines is 2. The monoisotopic (exact) mass is 269 g/mol. The minimum atomic E-state index is 0.256. The van der Waals surface area contributed by atoms with Gasteiger partial charge in [0.1, 0.15) is 5.82 Å². The lowest BCUT2D eigenvalue weighted by molar-refractivity contribution is 0.744. The van der Waals surface area contributed by atoms with Crippen LogP contribution >= 0.6 is 0 Å². The molecule has 0 aliphatic heterocycles. The second-order valence-electron chi connectivity index (χ2n) is 5.38. The van der Waals surface area contributed by atoms with Gasteiger partial charge in [0.05, 0.1) is 6.04 Å². The summed E-state index contributed by atoms with van der Waals surface area (Å²) >= 11 is 0. The molecule has 0 amide bonds. The van der Waals surface area contributed by atoms with Gasteiger partial charge in [-0.05, 0) is 55.9 Å². The van der Waals surface area contributed by atoms with Crippen molar-refractivity contribution in [3.63, 3.8) is 0 Å². The predicted octanol–water partition coefficient (Wildman–Crippen LogP) is 2.48. The smallest absolute Gasteiger partial charge is 0.228 e. The van der Waals surface area contributed by atoms with Crippen molar-refractivity contribution in [2.75, 3.05) is 11.1 Å². The third-order valence-electron chi connectivity index (χ3n) is 3.99. The van der Waals surface area contributed by atoms with Gasteiger partial charge < -0.3 is 11.1 Å². The van der Waals surface area contributed by atoms with Gasteiger partial charge in [-0.15, -0.1) is 0 Å². The summed E-state index contributed by atoms with van der Waals surface area (Å²) in [4.78, 5) is 12.5. The van der Waals surface area contributed by atoms with E-state index in [1.165, 1.54) is 22.3 Å². The first kappa shape index (κ1) is 12.8. The van der Waals surface area contributed by atoms with Gasteiger partial charge in [-0.1, -0.05) is 12.1 Å². The second-order valence-corrected chi connectivity index (χ2v) is 5.38. The van der Waals surface area contributed by atoms with Crippen LogP contribution in [-0.2, 0) is 6.42 Å². The zero-order chi connectivity index (χ0) is 14.3. The fourth-order valence-corrected chi connectivity index (χ4v) is 2.91. The molecule has 1 aliphatic rings. The van der Waals surface area contributed by atoms with Gasteiger partial charge in [0.25, 0.3) is 0 Å². The highest BCUT2D eigenvalue weighted by atomic mass is 15.2. The van der Waals surface area contributed by atoms with E-state index in [2.05, 4.69) is 46.2 Å². The summed E-state index contributed by atoms with van der Waals surface area (Å²) in [6.07, 6.45) is 2.15. The Hall–Kier alpha value is -2.17. The van der Waals surface area contributed by atoms with Crippen LogP contribution < -0.4 is 11.1 Å². The number of fused-ring (bicyclic) bond motifs is 1. The zero-order valence-corrected chi connectivity index (χ0v) is 12.1. The largest absolute Gasteiger partial charge is 0.368 e. The molecule has 0 saturated carbocycles. The molecule has 1 atom stereocenters. The highest BCUT2D eigenvalue weighted by Gasteiger charge is 2.25. The molecule has 1 unspecified atom stereocenters. The Bertz CT molecular complexity index is 645. The van der Waals surface area contributed by atoms with Crippen LogP contribution in [0.2, 0.25) is 0 Å². The van der Waals surface area contributed by atoms with E-state index in [0.717, 1.165) is 12.8 Å². The number of nitrogens with zero attached hydrogens (tertiary/aromatic N) is 3. The van der Waals surface area contributed by atoms with Crippen LogP contribution in [0.3, 0.4) is 0 Å². The lowest BCUT2D eigenvalue weighted by atomic mass is 9.98. The summed E-state index contributed by atoms with van der Waals surface area (Å²) in [6.45, 7) is 6.15. The normalized spacial score (nSPS) is 17.1. The number of benzene rings is 1. The van der Waals surface area contributed by atoms with Crippen molar-refractivity contribution in [3.8, 4) is 0 Å². The SMILES string of the molecule is Cc1nc(N)nc(NC2CCc3ccc(C)c(C)c32)n1. The van der Waals surface area contributed by atoms with Crippen molar-refractivity contribution >= 4 is 11.9 Å². The molecule has 1 aliphatic carbocycles. The summed E-state index contributed by atoms with van der Waals surface area (Å²) in [5.74, 6) is 1.46. The lowest BCUT2D eigenvalue weighted by Crippen LogP contribution is -2.13. The molecule has 3 rings (SSSR count). The minimum absolute atomic E-state index is 0.256. The number of nitrogens with one attached hydrogen (secondary N) is 1. The molecule has 1 aromatic carbocycles.